The Bertz CT molecular complexity index is 275. The van der Waals surface area contributed by atoms with E-state index in [2.05, 4.69) is 13.0 Å². The van der Waals surface area contributed by atoms with Crippen LogP contribution in [0.4, 0.5) is 0 Å². The molecule has 0 aromatic heterocycles. The lowest BCUT2D eigenvalue weighted by Crippen LogP contribution is -1.89. The van der Waals surface area contributed by atoms with Crippen LogP contribution in [-0.2, 0) is 9.47 Å². The molecular formula is C21H40O2. The van der Waals surface area contributed by atoms with Crippen molar-refractivity contribution in [1.82, 2.24) is 0 Å². The predicted molar refractivity (Wildman–Crippen MR) is 99.5 cm³/mol. The summed E-state index contributed by atoms with van der Waals surface area (Å²) in [6.07, 6.45) is 25.3. The Morgan fingerprint density at radius 2 is 1.17 bits per heavy atom. The predicted octanol–water partition coefficient (Wildman–Crippen LogP) is 7.13. The van der Waals surface area contributed by atoms with E-state index in [1.165, 1.54) is 89.9 Å². The molecule has 2 nitrogen and oxygen atoms in total. The molecule has 0 aromatic carbocycles. The van der Waals surface area contributed by atoms with Gasteiger partial charge in [0.25, 0.3) is 0 Å². The van der Waals surface area contributed by atoms with Crippen molar-refractivity contribution in [2.45, 2.75) is 123 Å². The van der Waals surface area contributed by atoms with Crippen LogP contribution in [0.25, 0.3) is 0 Å². The van der Waals surface area contributed by atoms with Gasteiger partial charge < -0.3 is 9.47 Å². The van der Waals surface area contributed by atoms with E-state index in [0.29, 0.717) is 6.10 Å². The molecule has 1 saturated heterocycles. The number of rotatable bonds is 17. The van der Waals surface area contributed by atoms with Crippen molar-refractivity contribution in [1.29, 1.82) is 0 Å². The minimum atomic E-state index is 0.0302. The van der Waals surface area contributed by atoms with Crippen LogP contribution in [0.2, 0.25) is 0 Å². The maximum Gasteiger partial charge on any atom is 0.225 e. The highest BCUT2D eigenvalue weighted by Crippen LogP contribution is 2.22. The third-order valence-electron chi connectivity index (χ3n) is 4.69. The summed E-state index contributed by atoms with van der Waals surface area (Å²) >= 11 is 0. The van der Waals surface area contributed by atoms with Gasteiger partial charge >= 0.3 is 0 Å². The smallest absolute Gasteiger partial charge is 0.225 e. The highest BCUT2D eigenvalue weighted by Gasteiger charge is 2.35. The first kappa shape index (κ1) is 20.5. The van der Waals surface area contributed by atoms with Gasteiger partial charge in [-0.3, -0.25) is 0 Å². The van der Waals surface area contributed by atoms with Crippen molar-refractivity contribution in [2.75, 3.05) is 0 Å². The molecule has 2 unspecified atom stereocenters. The molecule has 2 heteroatoms. The summed E-state index contributed by atoms with van der Waals surface area (Å²) in [4.78, 5) is 0. The summed E-state index contributed by atoms with van der Waals surface area (Å²) in [7, 11) is 0. The molecule has 0 N–H and O–H groups in total. The Hall–Kier alpha value is -0.500. The zero-order chi connectivity index (χ0) is 16.6. The molecule has 1 fully saturated rings. The molecule has 0 amide bonds. The maximum atomic E-state index is 5.38. The fraction of sp³-hybridized carbons (Fsp3) is 0.905. The van der Waals surface area contributed by atoms with E-state index < -0.39 is 0 Å². The van der Waals surface area contributed by atoms with E-state index in [0.717, 1.165) is 6.42 Å². The molecule has 0 radical (unpaired) electrons. The highest BCUT2D eigenvalue weighted by molar-refractivity contribution is 4.78. The number of hydrogen-bond acceptors (Lipinski definition) is 2. The Balaban J connectivity index is 1.65. The fourth-order valence-electron chi connectivity index (χ4n) is 2.97. The van der Waals surface area contributed by atoms with Crippen LogP contribution in [0.5, 0.6) is 0 Å². The minimum absolute atomic E-state index is 0.0302. The average Bonchev–Trinajstić information content (AvgIpc) is 3.26. The minimum Gasteiger partial charge on any atom is -0.470 e. The van der Waals surface area contributed by atoms with Gasteiger partial charge in [-0.1, -0.05) is 90.4 Å². The summed E-state index contributed by atoms with van der Waals surface area (Å²) in [6.45, 7) is 4.32. The van der Waals surface area contributed by atoms with Gasteiger partial charge in [-0.25, -0.2) is 0 Å². The molecule has 1 aliphatic rings. The van der Waals surface area contributed by atoms with E-state index in [1.54, 1.807) is 0 Å². The molecule has 1 rings (SSSR count). The van der Waals surface area contributed by atoms with Crippen molar-refractivity contribution in [3.8, 4) is 0 Å². The maximum absolute atomic E-state index is 5.38. The first-order valence-electron chi connectivity index (χ1n) is 10.3. The van der Waals surface area contributed by atoms with Gasteiger partial charge in [-0.05, 0) is 25.8 Å². The monoisotopic (exact) mass is 324 g/mol. The summed E-state index contributed by atoms with van der Waals surface area (Å²) in [6, 6.07) is 0. The van der Waals surface area contributed by atoms with E-state index in [9.17, 15) is 0 Å². The summed E-state index contributed by atoms with van der Waals surface area (Å²) in [5.41, 5.74) is 0. The molecule has 23 heavy (non-hydrogen) atoms. The van der Waals surface area contributed by atoms with E-state index >= 15 is 0 Å². The molecule has 1 aliphatic heterocycles. The summed E-state index contributed by atoms with van der Waals surface area (Å²) < 4.78 is 10.6. The van der Waals surface area contributed by atoms with Gasteiger partial charge in [0.2, 0.25) is 6.29 Å². The van der Waals surface area contributed by atoms with E-state index in [-0.39, 0.29) is 6.29 Å². The largest absolute Gasteiger partial charge is 0.470 e. The van der Waals surface area contributed by atoms with Gasteiger partial charge in [-0.15, -0.1) is 0 Å². The normalized spacial score (nSPS) is 20.3. The van der Waals surface area contributed by atoms with Gasteiger partial charge in [-0.2, -0.15) is 0 Å². The summed E-state index contributed by atoms with van der Waals surface area (Å²) in [5.74, 6) is 0. The van der Waals surface area contributed by atoms with Gasteiger partial charge in [0.05, 0.1) is 6.26 Å². The van der Waals surface area contributed by atoms with Gasteiger partial charge in [0.15, 0.2) is 0 Å². The number of epoxide rings is 1. The van der Waals surface area contributed by atoms with Crippen LogP contribution in [0.15, 0.2) is 12.3 Å². The molecule has 2 atom stereocenters. The van der Waals surface area contributed by atoms with Crippen LogP contribution in [0.3, 0.4) is 0 Å². The molecule has 0 bridgehead atoms. The Morgan fingerprint density at radius 1 is 0.739 bits per heavy atom. The van der Waals surface area contributed by atoms with Crippen LogP contribution in [0, 0.1) is 0 Å². The number of ether oxygens (including phenoxy) is 2. The molecule has 0 aliphatic carbocycles. The Labute approximate surface area is 145 Å². The zero-order valence-corrected chi connectivity index (χ0v) is 15.7. The molecule has 0 spiro atoms. The van der Waals surface area contributed by atoms with Crippen LogP contribution < -0.4 is 0 Å². The third-order valence-corrected chi connectivity index (χ3v) is 4.69. The molecule has 0 saturated carbocycles. The number of allylic oxidation sites excluding steroid dienone is 1. The molecule has 1 heterocycles. The Morgan fingerprint density at radius 3 is 1.61 bits per heavy atom. The second-order valence-electron chi connectivity index (χ2n) is 7.10. The molecule has 136 valence electrons. The first-order chi connectivity index (χ1) is 11.3. The highest BCUT2D eigenvalue weighted by atomic mass is 16.8. The SMILES string of the molecule is CCCCCCCCCCCCCCCCC=COC1OC1C. The lowest BCUT2D eigenvalue weighted by atomic mass is 10.0. The zero-order valence-electron chi connectivity index (χ0n) is 15.7. The van der Waals surface area contributed by atoms with Crippen LogP contribution in [0.1, 0.15) is 110 Å². The van der Waals surface area contributed by atoms with Gasteiger partial charge in [0.1, 0.15) is 6.10 Å². The van der Waals surface area contributed by atoms with Crippen molar-refractivity contribution in [3.05, 3.63) is 12.3 Å². The summed E-state index contributed by atoms with van der Waals surface area (Å²) in [5, 5.41) is 0. The fourth-order valence-corrected chi connectivity index (χ4v) is 2.97. The van der Waals surface area contributed by atoms with Crippen LogP contribution in [-0.4, -0.2) is 12.4 Å². The quantitative estimate of drug-likeness (QED) is 0.161. The molecule has 0 aromatic rings. The van der Waals surface area contributed by atoms with E-state index in [4.69, 9.17) is 9.47 Å². The second kappa shape index (κ2) is 15.1. The first-order valence-corrected chi connectivity index (χ1v) is 10.3. The van der Waals surface area contributed by atoms with Crippen molar-refractivity contribution in [2.24, 2.45) is 0 Å². The van der Waals surface area contributed by atoms with Crippen molar-refractivity contribution < 1.29 is 9.47 Å². The van der Waals surface area contributed by atoms with Gasteiger partial charge in [0, 0.05) is 0 Å². The number of hydrogen-bond donors (Lipinski definition) is 0. The van der Waals surface area contributed by atoms with E-state index in [1.807, 2.05) is 13.2 Å². The lowest BCUT2D eigenvalue weighted by Gasteiger charge is -2.02. The lowest BCUT2D eigenvalue weighted by molar-refractivity contribution is 0.130. The average molecular weight is 325 g/mol. The van der Waals surface area contributed by atoms with Crippen molar-refractivity contribution >= 4 is 0 Å². The second-order valence-corrected chi connectivity index (χ2v) is 7.10. The topological polar surface area (TPSA) is 21.8 Å². The Kier molecular flexibility index (Phi) is 13.4. The van der Waals surface area contributed by atoms with Crippen LogP contribution >= 0.6 is 0 Å². The standard InChI is InChI=1S/C21H40O2/c1-3-4-5-6-7-8-9-10-11-12-13-14-15-16-17-18-19-22-21-20(2)23-21/h18-21H,3-17H2,1-2H3. The third kappa shape index (κ3) is 13.6. The van der Waals surface area contributed by atoms with Crippen molar-refractivity contribution in [3.63, 3.8) is 0 Å². The number of unbranched alkanes of at least 4 members (excludes halogenated alkanes) is 14. The molecular weight excluding hydrogens is 284 g/mol.